The van der Waals surface area contributed by atoms with E-state index in [0.29, 0.717) is 0 Å². The summed E-state index contributed by atoms with van der Waals surface area (Å²) in [5.74, 6) is 0.216. The largest absolute Gasteiger partial charge is 0.396 e. The van der Waals surface area contributed by atoms with Gasteiger partial charge in [0, 0.05) is 23.8 Å². The molecule has 0 aliphatic rings. The average molecular weight is 323 g/mol. The van der Waals surface area contributed by atoms with Crippen LogP contribution in [0.2, 0.25) is 0 Å². The van der Waals surface area contributed by atoms with Gasteiger partial charge in [-0.05, 0) is 43.4 Å². The molecule has 1 atom stereocenters. The molecule has 0 aliphatic carbocycles. The lowest BCUT2D eigenvalue weighted by Crippen LogP contribution is -2.15. The molecule has 102 valence electrons. The van der Waals surface area contributed by atoms with Crippen molar-refractivity contribution in [1.82, 2.24) is 9.78 Å². The number of hydrogen-bond donors (Lipinski definition) is 1. The standard InChI is InChI=1S/C15H19BrN2O/c1-11-7-14(18(2)17-11)9-12(10-19)8-13-5-3-4-6-15(13)16/h3-7,12,19H,8-10H2,1-2H3. The first-order valence-corrected chi connectivity index (χ1v) is 7.23. The summed E-state index contributed by atoms with van der Waals surface area (Å²) in [6.07, 6.45) is 1.71. The van der Waals surface area contributed by atoms with E-state index in [2.05, 4.69) is 33.2 Å². The highest BCUT2D eigenvalue weighted by Crippen LogP contribution is 2.21. The zero-order chi connectivity index (χ0) is 13.8. The summed E-state index contributed by atoms with van der Waals surface area (Å²) in [5, 5.41) is 13.9. The fourth-order valence-electron chi connectivity index (χ4n) is 2.33. The molecule has 2 rings (SSSR count). The SMILES string of the molecule is Cc1cc(CC(CO)Cc2ccccc2Br)n(C)n1. The number of hydrogen-bond acceptors (Lipinski definition) is 2. The van der Waals surface area contributed by atoms with Crippen molar-refractivity contribution in [3.8, 4) is 0 Å². The van der Waals surface area contributed by atoms with Gasteiger partial charge in [0.15, 0.2) is 0 Å². The van der Waals surface area contributed by atoms with Gasteiger partial charge in [0.2, 0.25) is 0 Å². The summed E-state index contributed by atoms with van der Waals surface area (Å²) in [5.41, 5.74) is 3.43. The van der Waals surface area contributed by atoms with Crippen LogP contribution in [0, 0.1) is 12.8 Å². The number of aliphatic hydroxyl groups is 1. The number of benzene rings is 1. The predicted octanol–water partition coefficient (Wildman–Crippen LogP) is 2.88. The second-order valence-corrected chi connectivity index (χ2v) is 5.80. The minimum Gasteiger partial charge on any atom is -0.396 e. The van der Waals surface area contributed by atoms with Crippen LogP contribution in [0.25, 0.3) is 0 Å². The van der Waals surface area contributed by atoms with Gasteiger partial charge in [-0.3, -0.25) is 4.68 Å². The molecule has 0 aliphatic heterocycles. The maximum absolute atomic E-state index is 9.59. The van der Waals surface area contributed by atoms with Gasteiger partial charge in [-0.2, -0.15) is 5.10 Å². The maximum Gasteiger partial charge on any atom is 0.0596 e. The zero-order valence-electron chi connectivity index (χ0n) is 11.3. The second kappa shape index (κ2) is 6.35. The third-order valence-corrected chi connectivity index (χ3v) is 4.09. The lowest BCUT2D eigenvalue weighted by Gasteiger charge is -2.15. The van der Waals surface area contributed by atoms with Gasteiger partial charge >= 0.3 is 0 Å². The number of aliphatic hydroxyl groups excluding tert-OH is 1. The molecule has 0 saturated carbocycles. The normalized spacial score (nSPS) is 12.6. The topological polar surface area (TPSA) is 38.0 Å². The maximum atomic E-state index is 9.59. The first-order chi connectivity index (χ1) is 9.10. The Morgan fingerprint density at radius 1 is 1.32 bits per heavy atom. The smallest absolute Gasteiger partial charge is 0.0596 e. The Hall–Kier alpha value is -1.13. The third-order valence-electron chi connectivity index (χ3n) is 3.32. The number of halogens is 1. The summed E-state index contributed by atoms with van der Waals surface area (Å²) in [6, 6.07) is 10.3. The number of aromatic nitrogens is 2. The third kappa shape index (κ3) is 3.67. The molecule has 1 unspecified atom stereocenters. The van der Waals surface area contributed by atoms with Crippen molar-refractivity contribution in [1.29, 1.82) is 0 Å². The van der Waals surface area contributed by atoms with E-state index in [1.165, 1.54) is 11.3 Å². The van der Waals surface area contributed by atoms with E-state index in [4.69, 9.17) is 0 Å². The van der Waals surface area contributed by atoms with Crippen LogP contribution in [-0.2, 0) is 19.9 Å². The number of nitrogens with zero attached hydrogens (tertiary/aromatic N) is 2. The van der Waals surface area contributed by atoms with Crippen molar-refractivity contribution in [2.45, 2.75) is 19.8 Å². The van der Waals surface area contributed by atoms with Crippen LogP contribution < -0.4 is 0 Å². The molecular weight excluding hydrogens is 304 g/mol. The van der Waals surface area contributed by atoms with Gasteiger partial charge in [0.1, 0.15) is 0 Å². The molecule has 0 spiro atoms. The number of rotatable bonds is 5. The summed E-state index contributed by atoms with van der Waals surface area (Å²) in [6.45, 7) is 2.18. The van der Waals surface area contributed by atoms with Crippen molar-refractivity contribution in [2.24, 2.45) is 13.0 Å². The van der Waals surface area contributed by atoms with Crippen LogP contribution in [0.15, 0.2) is 34.8 Å². The van der Waals surface area contributed by atoms with Gasteiger partial charge in [0.05, 0.1) is 5.69 Å². The molecule has 4 heteroatoms. The molecule has 2 aromatic rings. The molecule has 0 fully saturated rings. The van der Waals surface area contributed by atoms with Crippen LogP contribution in [0.5, 0.6) is 0 Å². The van der Waals surface area contributed by atoms with E-state index in [1.54, 1.807) is 0 Å². The Bertz CT molecular complexity index is 551. The number of aryl methyl sites for hydroxylation is 2. The van der Waals surface area contributed by atoms with E-state index >= 15 is 0 Å². The van der Waals surface area contributed by atoms with Crippen LogP contribution in [-0.4, -0.2) is 21.5 Å². The molecule has 0 bridgehead atoms. The molecule has 0 radical (unpaired) electrons. The van der Waals surface area contributed by atoms with Gasteiger partial charge < -0.3 is 5.11 Å². The first-order valence-electron chi connectivity index (χ1n) is 6.44. The highest BCUT2D eigenvalue weighted by Gasteiger charge is 2.14. The van der Waals surface area contributed by atoms with E-state index in [1.807, 2.05) is 36.9 Å². The Labute approximate surface area is 122 Å². The summed E-state index contributed by atoms with van der Waals surface area (Å²) in [4.78, 5) is 0. The molecule has 0 amide bonds. The Morgan fingerprint density at radius 2 is 2.05 bits per heavy atom. The Kier molecular flexibility index (Phi) is 4.77. The van der Waals surface area contributed by atoms with E-state index < -0.39 is 0 Å². The van der Waals surface area contributed by atoms with E-state index in [-0.39, 0.29) is 12.5 Å². The summed E-state index contributed by atoms with van der Waals surface area (Å²) >= 11 is 3.56. The molecule has 1 aromatic heterocycles. The van der Waals surface area contributed by atoms with Crippen molar-refractivity contribution >= 4 is 15.9 Å². The van der Waals surface area contributed by atoms with Crippen LogP contribution in [0.4, 0.5) is 0 Å². The Balaban J connectivity index is 2.09. The molecular formula is C15H19BrN2O. The molecule has 1 heterocycles. The van der Waals surface area contributed by atoms with Crippen molar-refractivity contribution in [2.75, 3.05) is 6.61 Å². The predicted molar refractivity (Wildman–Crippen MR) is 80.1 cm³/mol. The lowest BCUT2D eigenvalue weighted by atomic mass is 9.95. The fraction of sp³-hybridized carbons (Fsp3) is 0.400. The van der Waals surface area contributed by atoms with Crippen LogP contribution in [0.1, 0.15) is 17.0 Å². The average Bonchev–Trinajstić information content (AvgIpc) is 2.69. The highest BCUT2D eigenvalue weighted by molar-refractivity contribution is 9.10. The van der Waals surface area contributed by atoms with Gasteiger partial charge in [-0.25, -0.2) is 0 Å². The van der Waals surface area contributed by atoms with Crippen molar-refractivity contribution in [3.05, 3.63) is 51.8 Å². The molecule has 3 nitrogen and oxygen atoms in total. The van der Waals surface area contributed by atoms with Crippen LogP contribution in [0.3, 0.4) is 0 Å². The second-order valence-electron chi connectivity index (χ2n) is 4.95. The minimum absolute atomic E-state index is 0.186. The minimum atomic E-state index is 0.186. The quantitative estimate of drug-likeness (QED) is 0.919. The van der Waals surface area contributed by atoms with E-state index in [0.717, 1.165) is 23.0 Å². The Morgan fingerprint density at radius 3 is 2.63 bits per heavy atom. The monoisotopic (exact) mass is 322 g/mol. The van der Waals surface area contributed by atoms with Gasteiger partial charge in [0.25, 0.3) is 0 Å². The molecule has 19 heavy (non-hydrogen) atoms. The molecule has 1 N–H and O–H groups in total. The van der Waals surface area contributed by atoms with Crippen molar-refractivity contribution < 1.29 is 5.11 Å². The lowest BCUT2D eigenvalue weighted by molar-refractivity contribution is 0.223. The zero-order valence-corrected chi connectivity index (χ0v) is 12.9. The molecule has 0 saturated heterocycles. The summed E-state index contributed by atoms with van der Waals surface area (Å²) in [7, 11) is 1.95. The molecule has 1 aromatic carbocycles. The van der Waals surface area contributed by atoms with Crippen molar-refractivity contribution in [3.63, 3.8) is 0 Å². The van der Waals surface area contributed by atoms with Crippen LogP contribution >= 0.6 is 15.9 Å². The fourth-order valence-corrected chi connectivity index (χ4v) is 2.77. The van der Waals surface area contributed by atoms with Gasteiger partial charge in [-0.15, -0.1) is 0 Å². The van der Waals surface area contributed by atoms with Gasteiger partial charge in [-0.1, -0.05) is 34.1 Å². The highest BCUT2D eigenvalue weighted by atomic mass is 79.9. The first kappa shape index (κ1) is 14.3. The summed E-state index contributed by atoms with van der Waals surface area (Å²) < 4.78 is 3.01. The van der Waals surface area contributed by atoms with E-state index in [9.17, 15) is 5.11 Å².